The number of hydrogen-bond acceptors (Lipinski definition) is 1. The molecular formula is C22H17F5O. The first kappa shape index (κ1) is 19.9. The average Bonchev–Trinajstić information content (AvgIpc) is 2.67. The van der Waals surface area contributed by atoms with Gasteiger partial charge >= 0.3 is 6.11 Å². The molecule has 1 nitrogen and oxygen atoms in total. The zero-order chi connectivity index (χ0) is 20.3. The summed E-state index contributed by atoms with van der Waals surface area (Å²) < 4.78 is 72.4. The van der Waals surface area contributed by atoms with Gasteiger partial charge in [0.2, 0.25) is 0 Å². The molecule has 0 unspecified atom stereocenters. The average molecular weight is 392 g/mol. The quantitative estimate of drug-likeness (QED) is 0.329. The molecule has 0 spiro atoms. The summed E-state index contributed by atoms with van der Waals surface area (Å²) in [6, 6.07) is 13.9. The molecule has 6 heteroatoms. The van der Waals surface area contributed by atoms with E-state index in [1.54, 1.807) is 0 Å². The van der Waals surface area contributed by atoms with Crippen LogP contribution in [-0.2, 0) is 12.5 Å². The standard InChI is InChI=1S/C22H17F5O/c1-2-3-14-4-6-15(7-5-14)16-8-10-17(11-9-16)22(26,27)28-18-12-19(23)21(25)20(24)13-18/h4-13H,2-3H2,1H3. The van der Waals surface area contributed by atoms with E-state index in [9.17, 15) is 22.0 Å². The van der Waals surface area contributed by atoms with Crippen LogP contribution in [0.25, 0.3) is 11.1 Å². The molecule has 3 aromatic carbocycles. The first-order valence-corrected chi connectivity index (χ1v) is 8.71. The Labute approximate surface area is 159 Å². The van der Waals surface area contributed by atoms with Gasteiger partial charge in [-0.05, 0) is 35.2 Å². The lowest BCUT2D eigenvalue weighted by Gasteiger charge is -2.19. The Morgan fingerprint density at radius 1 is 0.786 bits per heavy atom. The third-order valence-corrected chi connectivity index (χ3v) is 4.25. The molecule has 0 radical (unpaired) electrons. The number of alkyl halides is 2. The molecule has 0 fully saturated rings. The van der Waals surface area contributed by atoms with Gasteiger partial charge in [-0.25, -0.2) is 13.2 Å². The van der Waals surface area contributed by atoms with Gasteiger partial charge in [0.05, 0.1) is 5.56 Å². The molecule has 0 saturated heterocycles. The van der Waals surface area contributed by atoms with Crippen molar-refractivity contribution in [3.8, 4) is 16.9 Å². The minimum Gasteiger partial charge on any atom is -0.429 e. The van der Waals surface area contributed by atoms with Gasteiger partial charge in [0.15, 0.2) is 17.5 Å². The molecule has 146 valence electrons. The van der Waals surface area contributed by atoms with E-state index in [4.69, 9.17) is 0 Å². The number of halogens is 5. The van der Waals surface area contributed by atoms with Crippen LogP contribution in [0.15, 0.2) is 60.7 Å². The van der Waals surface area contributed by atoms with Gasteiger partial charge in [0, 0.05) is 12.1 Å². The normalized spacial score (nSPS) is 11.5. The van der Waals surface area contributed by atoms with Crippen molar-refractivity contribution >= 4 is 0 Å². The predicted octanol–water partition coefficient (Wildman–Crippen LogP) is 6.85. The highest BCUT2D eigenvalue weighted by molar-refractivity contribution is 5.64. The highest BCUT2D eigenvalue weighted by Crippen LogP contribution is 2.34. The van der Waals surface area contributed by atoms with E-state index in [-0.39, 0.29) is 0 Å². The topological polar surface area (TPSA) is 9.23 Å². The third-order valence-electron chi connectivity index (χ3n) is 4.25. The second-order valence-electron chi connectivity index (χ2n) is 6.34. The summed E-state index contributed by atoms with van der Waals surface area (Å²) in [6.45, 7) is 2.09. The van der Waals surface area contributed by atoms with Gasteiger partial charge in [0.1, 0.15) is 5.75 Å². The Balaban J connectivity index is 1.79. The lowest BCUT2D eigenvalue weighted by Crippen LogP contribution is -2.22. The Bertz CT molecular complexity index is 927. The monoisotopic (exact) mass is 392 g/mol. The summed E-state index contributed by atoms with van der Waals surface area (Å²) in [4.78, 5) is 0. The van der Waals surface area contributed by atoms with Crippen LogP contribution in [0, 0.1) is 17.5 Å². The minimum atomic E-state index is -3.85. The van der Waals surface area contributed by atoms with Gasteiger partial charge < -0.3 is 4.74 Å². The molecule has 0 aliphatic carbocycles. The zero-order valence-electron chi connectivity index (χ0n) is 15.0. The largest absolute Gasteiger partial charge is 0.429 e. The summed E-state index contributed by atoms with van der Waals surface area (Å²) >= 11 is 0. The fraction of sp³-hybridized carbons (Fsp3) is 0.182. The van der Waals surface area contributed by atoms with Crippen molar-refractivity contribution in [2.45, 2.75) is 25.9 Å². The van der Waals surface area contributed by atoms with Gasteiger partial charge in [-0.1, -0.05) is 49.7 Å². The molecule has 0 atom stereocenters. The second-order valence-corrected chi connectivity index (χ2v) is 6.34. The number of ether oxygens (including phenoxy) is 1. The Morgan fingerprint density at radius 3 is 1.79 bits per heavy atom. The van der Waals surface area contributed by atoms with Crippen LogP contribution in [0.2, 0.25) is 0 Å². The van der Waals surface area contributed by atoms with Crippen molar-refractivity contribution in [2.75, 3.05) is 0 Å². The summed E-state index contributed by atoms with van der Waals surface area (Å²) in [5, 5.41) is 0. The van der Waals surface area contributed by atoms with Crippen LogP contribution >= 0.6 is 0 Å². The van der Waals surface area contributed by atoms with Gasteiger partial charge in [0.25, 0.3) is 0 Å². The SMILES string of the molecule is CCCc1ccc(-c2ccc(C(F)(F)Oc3cc(F)c(F)c(F)c3)cc2)cc1. The van der Waals surface area contributed by atoms with E-state index in [0.717, 1.165) is 24.0 Å². The van der Waals surface area contributed by atoms with Crippen molar-refractivity contribution in [3.63, 3.8) is 0 Å². The molecule has 28 heavy (non-hydrogen) atoms. The molecule has 0 aliphatic heterocycles. The summed E-state index contributed by atoms with van der Waals surface area (Å²) in [5.41, 5.74) is 2.31. The maximum absolute atomic E-state index is 14.3. The van der Waals surface area contributed by atoms with Crippen molar-refractivity contribution in [1.82, 2.24) is 0 Å². The van der Waals surface area contributed by atoms with Crippen molar-refractivity contribution < 1.29 is 26.7 Å². The first-order valence-electron chi connectivity index (χ1n) is 8.71. The molecule has 0 saturated carbocycles. The minimum absolute atomic E-state index is 0.374. The summed E-state index contributed by atoms with van der Waals surface area (Å²) in [6.07, 6.45) is -1.85. The van der Waals surface area contributed by atoms with Crippen LogP contribution in [0.5, 0.6) is 5.75 Å². The molecule has 0 aliphatic rings. The summed E-state index contributed by atoms with van der Waals surface area (Å²) in [7, 11) is 0. The van der Waals surface area contributed by atoms with Crippen molar-refractivity contribution in [1.29, 1.82) is 0 Å². The van der Waals surface area contributed by atoms with E-state index in [1.807, 2.05) is 24.3 Å². The molecule has 0 amide bonds. The summed E-state index contributed by atoms with van der Waals surface area (Å²) in [5.74, 6) is -5.76. The maximum atomic E-state index is 14.3. The molecule has 0 bridgehead atoms. The van der Waals surface area contributed by atoms with Crippen LogP contribution in [0.4, 0.5) is 22.0 Å². The Kier molecular flexibility index (Phi) is 5.68. The Morgan fingerprint density at radius 2 is 1.29 bits per heavy atom. The lowest BCUT2D eigenvalue weighted by atomic mass is 10.0. The predicted molar refractivity (Wildman–Crippen MR) is 96.7 cm³/mol. The highest BCUT2D eigenvalue weighted by atomic mass is 19.3. The number of aryl methyl sites for hydroxylation is 1. The third kappa shape index (κ3) is 4.32. The van der Waals surface area contributed by atoms with Gasteiger partial charge in [-0.2, -0.15) is 8.78 Å². The molecule has 0 heterocycles. The van der Waals surface area contributed by atoms with Crippen molar-refractivity contribution in [3.05, 3.63) is 89.2 Å². The van der Waals surface area contributed by atoms with E-state index in [1.165, 1.54) is 29.8 Å². The van der Waals surface area contributed by atoms with E-state index in [2.05, 4.69) is 11.7 Å². The maximum Gasteiger partial charge on any atom is 0.426 e. The zero-order valence-corrected chi connectivity index (χ0v) is 15.0. The van der Waals surface area contributed by atoms with E-state index < -0.39 is 34.9 Å². The van der Waals surface area contributed by atoms with Crippen molar-refractivity contribution in [2.24, 2.45) is 0 Å². The first-order chi connectivity index (χ1) is 13.3. The van der Waals surface area contributed by atoms with Crippen LogP contribution in [0.1, 0.15) is 24.5 Å². The lowest BCUT2D eigenvalue weighted by molar-refractivity contribution is -0.185. The van der Waals surface area contributed by atoms with Gasteiger partial charge in [-0.15, -0.1) is 0 Å². The second kappa shape index (κ2) is 8.00. The van der Waals surface area contributed by atoms with Crippen LogP contribution in [0.3, 0.4) is 0 Å². The van der Waals surface area contributed by atoms with Crippen LogP contribution < -0.4 is 4.74 Å². The fourth-order valence-electron chi connectivity index (χ4n) is 2.81. The highest BCUT2D eigenvalue weighted by Gasteiger charge is 2.35. The molecule has 0 N–H and O–H groups in total. The number of hydrogen-bond donors (Lipinski definition) is 0. The number of benzene rings is 3. The molecule has 0 aromatic heterocycles. The fourth-order valence-corrected chi connectivity index (χ4v) is 2.81. The Hall–Kier alpha value is -2.89. The molecule has 3 rings (SSSR count). The van der Waals surface area contributed by atoms with E-state index in [0.29, 0.717) is 12.1 Å². The number of rotatable bonds is 6. The smallest absolute Gasteiger partial charge is 0.426 e. The van der Waals surface area contributed by atoms with Crippen LogP contribution in [-0.4, -0.2) is 0 Å². The molecular weight excluding hydrogens is 375 g/mol. The van der Waals surface area contributed by atoms with E-state index >= 15 is 0 Å². The van der Waals surface area contributed by atoms with Gasteiger partial charge in [-0.3, -0.25) is 0 Å². The molecule has 3 aromatic rings.